The van der Waals surface area contributed by atoms with Crippen molar-refractivity contribution in [2.45, 2.75) is 13.0 Å². The first-order chi connectivity index (χ1) is 9.52. The Bertz CT molecular complexity index is 641. The third-order valence-corrected chi connectivity index (χ3v) is 3.48. The second-order valence-corrected chi connectivity index (χ2v) is 4.99. The molecule has 0 fully saturated rings. The predicted molar refractivity (Wildman–Crippen MR) is 78.1 cm³/mol. The van der Waals surface area contributed by atoms with Gasteiger partial charge in [-0.2, -0.15) is 0 Å². The molecule has 1 aromatic heterocycles. The van der Waals surface area contributed by atoms with Gasteiger partial charge in [-0.25, -0.2) is 9.78 Å². The summed E-state index contributed by atoms with van der Waals surface area (Å²) < 4.78 is 6.27. The Morgan fingerprint density at radius 2 is 2.20 bits per heavy atom. The fourth-order valence-corrected chi connectivity index (χ4v) is 2.29. The second kappa shape index (κ2) is 6.15. The molecule has 0 aliphatic heterocycles. The van der Waals surface area contributed by atoms with Crippen molar-refractivity contribution in [3.05, 3.63) is 45.8 Å². The van der Waals surface area contributed by atoms with Crippen molar-refractivity contribution >= 4 is 35.0 Å². The first kappa shape index (κ1) is 14.7. The van der Waals surface area contributed by atoms with Crippen LogP contribution in [0.2, 0.25) is 10.0 Å². The van der Waals surface area contributed by atoms with Gasteiger partial charge in [0.25, 0.3) is 0 Å². The number of hydrogen-bond donors (Lipinski definition) is 1. The van der Waals surface area contributed by atoms with Crippen molar-refractivity contribution in [3.63, 3.8) is 0 Å². The van der Waals surface area contributed by atoms with Crippen molar-refractivity contribution in [2.24, 2.45) is 0 Å². The van der Waals surface area contributed by atoms with E-state index in [0.29, 0.717) is 23.0 Å². The Kier molecular flexibility index (Phi) is 4.52. The Hall–Kier alpha value is -1.72. The number of nitrogens with zero attached hydrogens (tertiary/aromatic N) is 2. The van der Waals surface area contributed by atoms with Crippen LogP contribution in [0.1, 0.15) is 16.1 Å². The number of methoxy groups -OCH3 is 1. The molecule has 5 nitrogen and oxygen atoms in total. The number of rotatable bonds is 4. The normalized spacial score (nSPS) is 10.6. The molecular formula is C13H13Cl2N3O2. The maximum absolute atomic E-state index is 11.4. The molecular weight excluding hydrogens is 301 g/mol. The summed E-state index contributed by atoms with van der Waals surface area (Å²) in [6.07, 6.45) is 2.16. The van der Waals surface area contributed by atoms with Gasteiger partial charge in [0.15, 0.2) is 5.69 Å². The summed E-state index contributed by atoms with van der Waals surface area (Å²) in [5, 5.41) is 1.19. The first-order valence-electron chi connectivity index (χ1n) is 5.85. The number of carbonyl (C=O) groups excluding carboxylic acids is 1. The maximum Gasteiger partial charge on any atom is 0.360 e. The van der Waals surface area contributed by atoms with Crippen LogP contribution in [0.25, 0.3) is 0 Å². The average Bonchev–Trinajstić information content (AvgIpc) is 2.78. The van der Waals surface area contributed by atoms with Crippen molar-refractivity contribution in [1.29, 1.82) is 0 Å². The summed E-state index contributed by atoms with van der Waals surface area (Å²) in [5.74, 6) is -0.271. The average molecular weight is 314 g/mol. The molecule has 0 aliphatic rings. The Morgan fingerprint density at radius 3 is 2.85 bits per heavy atom. The fourth-order valence-electron chi connectivity index (χ4n) is 1.79. The second-order valence-electron chi connectivity index (χ2n) is 4.15. The molecule has 20 heavy (non-hydrogen) atoms. The molecule has 2 aromatic rings. The number of nitrogen functional groups attached to an aromatic ring is 1. The predicted octanol–water partition coefficient (Wildman–Crippen LogP) is 2.80. The number of anilines is 1. The van der Waals surface area contributed by atoms with Gasteiger partial charge in [0, 0.05) is 16.6 Å². The molecule has 0 spiro atoms. The SMILES string of the molecule is COC(=O)c1ncn(CCc2ccc(Cl)cc2Cl)c1N. The number of benzene rings is 1. The highest BCUT2D eigenvalue weighted by Crippen LogP contribution is 2.22. The maximum atomic E-state index is 11.4. The highest BCUT2D eigenvalue weighted by Gasteiger charge is 2.16. The minimum absolute atomic E-state index is 0.120. The first-order valence-corrected chi connectivity index (χ1v) is 6.61. The third-order valence-electron chi connectivity index (χ3n) is 2.89. The topological polar surface area (TPSA) is 70.1 Å². The van der Waals surface area contributed by atoms with E-state index in [1.54, 1.807) is 16.7 Å². The zero-order chi connectivity index (χ0) is 14.7. The number of imidazole rings is 1. The largest absolute Gasteiger partial charge is 0.464 e. The lowest BCUT2D eigenvalue weighted by Gasteiger charge is -2.07. The van der Waals surface area contributed by atoms with Gasteiger partial charge in [0.05, 0.1) is 13.4 Å². The van der Waals surface area contributed by atoms with E-state index in [1.165, 1.54) is 13.4 Å². The molecule has 106 valence electrons. The lowest BCUT2D eigenvalue weighted by Crippen LogP contribution is -2.09. The van der Waals surface area contributed by atoms with E-state index in [2.05, 4.69) is 9.72 Å². The van der Waals surface area contributed by atoms with Crippen molar-refractivity contribution < 1.29 is 9.53 Å². The summed E-state index contributed by atoms with van der Waals surface area (Å²) >= 11 is 11.9. The van der Waals surface area contributed by atoms with E-state index in [9.17, 15) is 4.79 Å². The van der Waals surface area contributed by atoms with Crippen LogP contribution in [0.15, 0.2) is 24.5 Å². The monoisotopic (exact) mass is 313 g/mol. The molecule has 0 atom stereocenters. The standard InChI is InChI=1S/C13H13Cl2N3O2/c1-20-13(19)11-12(16)18(7-17-11)5-4-8-2-3-9(14)6-10(8)15/h2-3,6-7H,4-5,16H2,1H3. The number of hydrogen-bond acceptors (Lipinski definition) is 4. The van der Waals surface area contributed by atoms with Crippen molar-refractivity contribution in [3.8, 4) is 0 Å². The van der Waals surface area contributed by atoms with Crippen molar-refractivity contribution in [1.82, 2.24) is 9.55 Å². The van der Waals surface area contributed by atoms with Crippen LogP contribution < -0.4 is 5.73 Å². The molecule has 0 aliphatic carbocycles. The number of ether oxygens (including phenoxy) is 1. The van der Waals surface area contributed by atoms with Crippen LogP contribution in [0, 0.1) is 0 Å². The van der Waals surface area contributed by atoms with Crippen molar-refractivity contribution in [2.75, 3.05) is 12.8 Å². The molecule has 1 aromatic carbocycles. The smallest absolute Gasteiger partial charge is 0.360 e. The van der Waals surface area contributed by atoms with Gasteiger partial charge >= 0.3 is 5.97 Å². The van der Waals surface area contributed by atoms with Gasteiger partial charge in [-0.3, -0.25) is 0 Å². The summed E-state index contributed by atoms with van der Waals surface area (Å²) in [6, 6.07) is 5.33. The summed E-state index contributed by atoms with van der Waals surface area (Å²) in [6.45, 7) is 0.553. The fraction of sp³-hybridized carbons (Fsp3) is 0.231. The van der Waals surface area contributed by atoms with Gasteiger partial charge in [0.2, 0.25) is 0 Å². The molecule has 0 bridgehead atoms. The van der Waals surface area contributed by atoms with E-state index in [0.717, 1.165) is 5.56 Å². The molecule has 7 heteroatoms. The summed E-state index contributed by atoms with van der Waals surface area (Å²) in [7, 11) is 1.29. The van der Waals surface area contributed by atoms with Gasteiger partial charge < -0.3 is 15.0 Å². The van der Waals surface area contributed by atoms with Gasteiger partial charge in [-0.15, -0.1) is 0 Å². The molecule has 2 rings (SSSR count). The number of aromatic nitrogens is 2. The van der Waals surface area contributed by atoms with Crippen LogP contribution in [0.5, 0.6) is 0 Å². The molecule has 0 amide bonds. The van der Waals surface area contributed by atoms with Crippen LogP contribution >= 0.6 is 23.2 Å². The third kappa shape index (κ3) is 3.05. The number of halogens is 2. The Morgan fingerprint density at radius 1 is 1.45 bits per heavy atom. The van der Waals surface area contributed by atoms with E-state index < -0.39 is 5.97 Å². The summed E-state index contributed by atoms with van der Waals surface area (Å²) in [4.78, 5) is 15.3. The molecule has 0 saturated carbocycles. The summed E-state index contributed by atoms with van der Waals surface area (Å²) in [5.41, 5.74) is 6.92. The zero-order valence-corrected chi connectivity index (χ0v) is 12.3. The van der Waals surface area contributed by atoms with E-state index in [4.69, 9.17) is 28.9 Å². The molecule has 0 unspecified atom stereocenters. The van der Waals surface area contributed by atoms with Crippen LogP contribution in [-0.2, 0) is 17.7 Å². The Balaban J connectivity index is 2.11. The number of aryl methyl sites for hydroxylation is 2. The lowest BCUT2D eigenvalue weighted by atomic mass is 10.1. The highest BCUT2D eigenvalue weighted by molar-refractivity contribution is 6.35. The van der Waals surface area contributed by atoms with Gasteiger partial charge in [-0.1, -0.05) is 29.3 Å². The quantitative estimate of drug-likeness (QED) is 0.881. The van der Waals surface area contributed by atoms with E-state index in [-0.39, 0.29) is 11.5 Å². The molecule has 1 heterocycles. The number of esters is 1. The van der Waals surface area contributed by atoms with Crippen LogP contribution in [-0.4, -0.2) is 22.6 Å². The molecule has 0 saturated heterocycles. The molecule has 2 N–H and O–H groups in total. The zero-order valence-electron chi connectivity index (χ0n) is 10.8. The van der Waals surface area contributed by atoms with Gasteiger partial charge in [0.1, 0.15) is 5.82 Å². The Labute approximate surface area is 126 Å². The number of nitrogens with two attached hydrogens (primary N) is 1. The minimum Gasteiger partial charge on any atom is -0.464 e. The van der Waals surface area contributed by atoms with Gasteiger partial charge in [-0.05, 0) is 24.1 Å². The minimum atomic E-state index is -0.550. The van der Waals surface area contributed by atoms with E-state index in [1.807, 2.05) is 6.07 Å². The highest BCUT2D eigenvalue weighted by atomic mass is 35.5. The van der Waals surface area contributed by atoms with Crippen LogP contribution in [0.4, 0.5) is 5.82 Å². The van der Waals surface area contributed by atoms with E-state index >= 15 is 0 Å². The lowest BCUT2D eigenvalue weighted by molar-refractivity contribution is 0.0596. The van der Waals surface area contributed by atoms with Crippen LogP contribution in [0.3, 0.4) is 0 Å². The molecule has 0 radical (unpaired) electrons. The number of carbonyl (C=O) groups is 1.